The van der Waals surface area contributed by atoms with Crippen LogP contribution in [0.4, 0.5) is 0 Å². The Labute approximate surface area is 117 Å². The number of nitrogens with zero attached hydrogens (tertiary/aromatic N) is 2. The maximum Gasteiger partial charge on any atom is 0.231 e. The first-order valence-electron chi connectivity index (χ1n) is 6.50. The van der Waals surface area contributed by atoms with E-state index in [1.807, 2.05) is 24.3 Å². The largest absolute Gasteiger partial charge is 0.339 e. The van der Waals surface area contributed by atoms with Crippen molar-refractivity contribution >= 4 is 11.6 Å². The molecule has 2 heterocycles. The molecular weight excluding hydrogens is 262 g/mol. The number of hydrogen-bond acceptors (Lipinski definition) is 4. The van der Waals surface area contributed by atoms with Gasteiger partial charge in [-0.15, -0.1) is 0 Å². The van der Waals surface area contributed by atoms with E-state index in [9.17, 15) is 0 Å². The minimum atomic E-state index is 0.326. The van der Waals surface area contributed by atoms with E-state index in [1.165, 1.54) is 0 Å². The Hall–Kier alpha value is -1.39. The third-order valence-corrected chi connectivity index (χ3v) is 3.99. The van der Waals surface area contributed by atoms with Crippen LogP contribution in [0.2, 0.25) is 5.02 Å². The van der Waals surface area contributed by atoms with Crippen molar-refractivity contribution in [3.63, 3.8) is 0 Å². The molecule has 4 nitrogen and oxygen atoms in total. The molecule has 1 aromatic carbocycles. The molecule has 1 fully saturated rings. The van der Waals surface area contributed by atoms with Crippen LogP contribution in [0.3, 0.4) is 0 Å². The van der Waals surface area contributed by atoms with Gasteiger partial charge in [0, 0.05) is 18.0 Å². The molecule has 0 saturated carbocycles. The lowest BCUT2D eigenvalue weighted by atomic mass is 9.98. The second-order valence-corrected chi connectivity index (χ2v) is 5.47. The van der Waals surface area contributed by atoms with Crippen molar-refractivity contribution < 1.29 is 4.52 Å². The predicted molar refractivity (Wildman–Crippen MR) is 73.3 cm³/mol. The van der Waals surface area contributed by atoms with Crippen LogP contribution in [0.5, 0.6) is 0 Å². The van der Waals surface area contributed by atoms with E-state index < -0.39 is 0 Å². The van der Waals surface area contributed by atoms with E-state index in [2.05, 4.69) is 22.4 Å². The smallest absolute Gasteiger partial charge is 0.231 e. The average molecular weight is 278 g/mol. The molecule has 100 valence electrons. The lowest BCUT2D eigenvalue weighted by Gasteiger charge is -2.07. The highest BCUT2D eigenvalue weighted by Gasteiger charge is 2.29. The number of benzene rings is 1. The molecule has 0 spiro atoms. The molecule has 19 heavy (non-hydrogen) atoms. The van der Waals surface area contributed by atoms with Crippen LogP contribution < -0.4 is 5.32 Å². The monoisotopic (exact) mass is 277 g/mol. The summed E-state index contributed by atoms with van der Waals surface area (Å²) in [7, 11) is 0. The van der Waals surface area contributed by atoms with Gasteiger partial charge in [-0.3, -0.25) is 0 Å². The second-order valence-electron chi connectivity index (χ2n) is 5.06. The molecule has 3 rings (SSSR count). The summed E-state index contributed by atoms with van der Waals surface area (Å²) in [5.41, 5.74) is 1.02. The van der Waals surface area contributed by atoms with Crippen molar-refractivity contribution in [2.24, 2.45) is 5.92 Å². The molecule has 0 radical (unpaired) electrons. The number of aromatic nitrogens is 2. The lowest BCUT2D eigenvalue weighted by Crippen LogP contribution is -2.08. The summed E-state index contributed by atoms with van der Waals surface area (Å²) in [6, 6.07) is 7.74. The molecule has 5 heteroatoms. The van der Waals surface area contributed by atoms with Gasteiger partial charge in [-0.2, -0.15) is 4.98 Å². The van der Waals surface area contributed by atoms with Crippen LogP contribution in [0, 0.1) is 5.92 Å². The maximum absolute atomic E-state index is 6.14. The minimum Gasteiger partial charge on any atom is -0.339 e. The molecule has 2 unspecified atom stereocenters. The number of halogens is 1. The highest BCUT2D eigenvalue weighted by Crippen LogP contribution is 2.26. The fourth-order valence-electron chi connectivity index (χ4n) is 2.44. The number of rotatable bonds is 3. The molecule has 1 aliphatic rings. The van der Waals surface area contributed by atoms with Gasteiger partial charge in [0.05, 0.1) is 5.92 Å². The Morgan fingerprint density at radius 3 is 2.95 bits per heavy atom. The van der Waals surface area contributed by atoms with Crippen molar-refractivity contribution in [1.29, 1.82) is 0 Å². The molecule has 0 bridgehead atoms. The van der Waals surface area contributed by atoms with Crippen molar-refractivity contribution in [3.8, 4) is 0 Å². The first-order chi connectivity index (χ1) is 9.24. The molecule has 1 N–H and O–H groups in total. The maximum atomic E-state index is 6.14. The van der Waals surface area contributed by atoms with Crippen molar-refractivity contribution in [2.75, 3.05) is 13.1 Å². The molecular formula is C14H16ClN3O. The van der Waals surface area contributed by atoms with E-state index in [1.54, 1.807) is 0 Å². The number of hydrogen-bond donors (Lipinski definition) is 1. The van der Waals surface area contributed by atoms with Crippen LogP contribution in [0.15, 0.2) is 28.8 Å². The highest BCUT2D eigenvalue weighted by atomic mass is 35.5. The molecule has 1 saturated heterocycles. The molecule has 2 atom stereocenters. The van der Waals surface area contributed by atoms with E-state index in [-0.39, 0.29) is 0 Å². The van der Waals surface area contributed by atoms with Gasteiger partial charge in [-0.05, 0) is 24.1 Å². The second kappa shape index (κ2) is 5.31. The van der Waals surface area contributed by atoms with Gasteiger partial charge in [0.25, 0.3) is 0 Å². The third kappa shape index (κ3) is 2.65. The molecule has 0 amide bonds. The van der Waals surface area contributed by atoms with Crippen molar-refractivity contribution in [2.45, 2.75) is 19.3 Å². The highest BCUT2D eigenvalue weighted by molar-refractivity contribution is 6.31. The number of nitrogens with one attached hydrogen (secondary N) is 1. The molecule has 1 aromatic heterocycles. The van der Waals surface area contributed by atoms with Crippen LogP contribution in [-0.4, -0.2) is 23.2 Å². The zero-order chi connectivity index (χ0) is 13.2. The first kappa shape index (κ1) is 12.6. The molecule has 0 aliphatic carbocycles. The Morgan fingerprint density at radius 1 is 1.37 bits per heavy atom. The van der Waals surface area contributed by atoms with E-state index in [0.717, 1.165) is 29.6 Å². The van der Waals surface area contributed by atoms with Gasteiger partial charge < -0.3 is 9.84 Å². The Balaban J connectivity index is 1.77. The fraction of sp³-hybridized carbons (Fsp3) is 0.429. The van der Waals surface area contributed by atoms with Crippen molar-refractivity contribution in [1.82, 2.24) is 15.5 Å². The standard InChI is InChI=1S/C14H16ClN3O/c1-9-7-16-8-11(9)14-17-13(18-19-14)6-10-4-2-3-5-12(10)15/h2-5,9,11,16H,6-8H2,1H3. The Morgan fingerprint density at radius 2 is 2.21 bits per heavy atom. The Bertz CT molecular complexity index is 569. The molecule has 2 aromatic rings. The zero-order valence-corrected chi connectivity index (χ0v) is 11.5. The van der Waals surface area contributed by atoms with E-state index in [4.69, 9.17) is 16.1 Å². The summed E-state index contributed by atoms with van der Waals surface area (Å²) in [4.78, 5) is 4.50. The minimum absolute atomic E-state index is 0.326. The van der Waals surface area contributed by atoms with Crippen LogP contribution in [0.1, 0.15) is 30.1 Å². The van der Waals surface area contributed by atoms with E-state index >= 15 is 0 Å². The van der Waals surface area contributed by atoms with Gasteiger partial charge in [-0.1, -0.05) is 41.9 Å². The van der Waals surface area contributed by atoms with Crippen LogP contribution in [-0.2, 0) is 6.42 Å². The summed E-state index contributed by atoms with van der Waals surface area (Å²) in [5, 5.41) is 8.14. The SMILES string of the molecule is CC1CNCC1c1nc(Cc2ccccc2Cl)no1. The lowest BCUT2D eigenvalue weighted by molar-refractivity contribution is 0.337. The van der Waals surface area contributed by atoms with Gasteiger partial charge >= 0.3 is 0 Å². The first-order valence-corrected chi connectivity index (χ1v) is 6.88. The summed E-state index contributed by atoms with van der Waals surface area (Å²) in [5.74, 6) is 2.29. The summed E-state index contributed by atoms with van der Waals surface area (Å²) < 4.78 is 5.39. The quantitative estimate of drug-likeness (QED) is 0.937. The van der Waals surface area contributed by atoms with E-state index in [0.29, 0.717) is 24.1 Å². The fourth-order valence-corrected chi connectivity index (χ4v) is 2.65. The van der Waals surface area contributed by atoms with Gasteiger partial charge in [0.1, 0.15) is 0 Å². The van der Waals surface area contributed by atoms with Crippen LogP contribution in [0.25, 0.3) is 0 Å². The summed E-state index contributed by atoms with van der Waals surface area (Å²) in [6.07, 6.45) is 0.609. The zero-order valence-electron chi connectivity index (χ0n) is 10.8. The normalized spacial score (nSPS) is 22.8. The topological polar surface area (TPSA) is 51.0 Å². The summed E-state index contributed by atoms with van der Waals surface area (Å²) >= 11 is 6.14. The van der Waals surface area contributed by atoms with Gasteiger partial charge in [-0.25, -0.2) is 0 Å². The average Bonchev–Trinajstić information content (AvgIpc) is 3.01. The molecule has 1 aliphatic heterocycles. The van der Waals surface area contributed by atoms with Crippen LogP contribution >= 0.6 is 11.6 Å². The predicted octanol–water partition coefficient (Wildman–Crippen LogP) is 2.64. The van der Waals surface area contributed by atoms with Gasteiger partial charge in [0.15, 0.2) is 5.82 Å². The van der Waals surface area contributed by atoms with Gasteiger partial charge in [0.2, 0.25) is 5.89 Å². The Kier molecular flexibility index (Phi) is 3.53. The summed E-state index contributed by atoms with van der Waals surface area (Å²) in [6.45, 7) is 4.12. The third-order valence-electron chi connectivity index (χ3n) is 3.62. The van der Waals surface area contributed by atoms with Crippen molar-refractivity contribution in [3.05, 3.63) is 46.6 Å².